The molecule has 0 radical (unpaired) electrons. The molecule has 41 nitrogen and oxygen atoms in total. The van der Waals surface area contributed by atoms with Crippen LogP contribution < -0.4 is 102 Å². The van der Waals surface area contributed by atoms with Gasteiger partial charge in [-0.1, -0.05) is 110 Å². The molecule has 0 saturated heterocycles. The molecule has 16 atom stereocenters. The largest absolute Gasteiger partial charge is 0.481 e. The fourth-order valence-corrected chi connectivity index (χ4v) is 11.0. The Kier molecular flexibility index (Phi) is 48.8. The van der Waals surface area contributed by atoms with Crippen LogP contribution in [-0.2, 0) is 86.3 Å². The van der Waals surface area contributed by atoms with Crippen molar-refractivity contribution in [2.45, 2.75) is 273 Å². The number of carboxylic acid groups (broad SMARTS) is 2. The summed E-state index contributed by atoms with van der Waals surface area (Å²) in [7, 11) is 0. The summed E-state index contributed by atoms with van der Waals surface area (Å²) < 4.78 is 0. The van der Waals surface area contributed by atoms with Gasteiger partial charge in [0.15, 0.2) is 0 Å². The van der Waals surface area contributed by atoms with Crippen LogP contribution >= 0.6 is 0 Å². The van der Waals surface area contributed by atoms with E-state index in [0.29, 0.717) is 38.6 Å². The van der Waals surface area contributed by atoms with Gasteiger partial charge in [-0.3, -0.25) is 81.5 Å². The van der Waals surface area contributed by atoms with E-state index in [-0.39, 0.29) is 44.1 Å². The van der Waals surface area contributed by atoms with Crippen LogP contribution in [0.4, 0.5) is 0 Å². The number of nitrogens with two attached hydrogens (primary N) is 3. The lowest BCUT2D eigenvalue weighted by Gasteiger charge is -2.30. The van der Waals surface area contributed by atoms with E-state index in [9.17, 15) is 107 Å². The number of nitrogens with one attached hydrogen (secondary N) is 16. The van der Waals surface area contributed by atoms with E-state index in [1.807, 2.05) is 13.8 Å². The molecule has 0 unspecified atom stereocenters. The van der Waals surface area contributed by atoms with Gasteiger partial charge in [0.2, 0.25) is 94.5 Å². The second-order valence-corrected chi connectivity index (χ2v) is 30.7. The van der Waals surface area contributed by atoms with Gasteiger partial charge >= 0.3 is 11.9 Å². The standard InChI is InChI=1S/C73H131N19O22/c1-18-40(14)58(73(113)114)91-72(112)59(43(17)94)92-66(106)46(27-34(2)3)83-61(101)42(16)81-67(107)49(33-93)86-64(104)45(24-20-22-26-75)82-51(96)31-79-68(108)54(36(6)7)87-52(97)32-77-63(103)48(29-53(98)99)84-60(100)41(15)80-50(95)30-78-69(109)55(37(8)9)89-71(111)57(39(12)13)90-70(110)56(38(10)11)88-65(105)47(28-35(4)5)85-62(102)44(76)23-19-21-25-74/h34-49,54-59,93-94H,18-33,74-76H2,1-17H3,(H,77,103)(H,78,109)(H,79,108)(H,80,95)(H,81,107)(H,82,96)(H,83,101)(H,84,100)(H,85,102)(H,86,104)(H,87,97)(H,88,105)(H,89,111)(H,90,110)(H,91,112)(H,92,106)(H,98,99)(H,113,114)/t40-,41-,42-,43+,44-,45-,46-,47-,48-,49-,54-,55-,56-,57-,58-,59-/m0/s1. The third-order valence-corrected chi connectivity index (χ3v) is 18.1. The maximum absolute atomic E-state index is 13.9. The van der Waals surface area contributed by atoms with Crippen LogP contribution in [-0.4, -0.2) is 257 Å². The zero-order valence-corrected chi connectivity index (χ0v) is 68.9. The fourth-order valence-electron chi connectivity index (χ4n) is 11.0. The molecule has 0 spiro atoms. The highest BCUT2D eigenvalue weighted by atomic mass is 16.4. The van der Waals surface area contributed by atoms with Crippen molar-refractivity contribution in [2.75, 3.05) is 39.3 Å². The second kappa shape index (κ2) is 53.4. The van der Waals surface area contributed by atoms with E-state index >= 15 is 0 Å². The van der Waals surface area contributed by atoms with Gasteiger partial charge in [-0.25, -0.2) is 4.79 Å². The Morgan fingerprint density at radius 2 is 0.675 bits per heavy atom. The minimum atomic E-state index is -1.86. The average Bonchev–Trinajstić information content (AvgIpc) is 0.838. The lowest BCUT2D eigenvalue weighted by Crippen LogP contribution is -2.61. The summed E-state index contributed by atoms with van der Waals surface area (Å²) in [4.78, 5) is 239. The molecule has 0 aromatic carbocycles. The first-order chi connectivity index (χ1) is 53.1. The van der Waals surface area contributed by atoms with Gasteiger partial charge in [-0.15, -0.1) is 0 Å². The van der Waals surface area contributed by atoms with Crippen molar-refractivity contribution in [2.24, 2.45) is 58.6 Å². The molecule has 16 amide bonds. The number of aliphatic carboxylic acids is 2. The molecule has 0 bridgehead atoms. The maximum atomic E-state index is 13.9. The quantitative estimate of drug-likeness (QED) is 0.0252. The number of unbranched alkanes of at least 4 members (excludes halogenated alkanes) is 2. The molecule has 0 fully saturated rings. The van der Waals surface area contributed by atoms with Gasteiger partial charge < -0.3 is 123 Å². The number of rotatable bonds is 55. The van der Waals surface area contributed by atoms with Crippen LogP contribution in [0.1, 0.15) is 182 Å². The van der Waals surface area contributed by atoms with Crippen molar-refractivity contribution >= 4 is 106 Å². The number of aliphatic hydroxyl groups excluding tert-OH is 2. The molecule has 26 N–H and O–H groups in total. The third-order valence-electron chi connectivity index (χ3n) is 18.1. The predicted molar refractivity (Wildman–Crippen MR) is 416 cm³/mol. The highest BCUT2D eigenvalue weighted by molar-refractivity contribution is 6.00. The lowest BCUT2D eigenvalue weighted by atomic mass is 9.97. The van der Waals surface area contributed by atoms with Crippen molar-refractivity contribution in [1.29, 1.82) is 0 Å². The van der Waals surface area contributed by atoms with Crippen LogP contribution in [0.2, 0.25) is 0 Å². The first-order valence-corrected chi connectivity index (χ1v) is 38.7. The maximum Gasteiger partial charge on any atom is 0.326 e. The van der Waals surface area contributed by atoms with Gasteiger partial charge in [0, 0.05) is 0 Å². The van der Waals surface area contributed by atoms with Crippen LogP contribution in [0, 0.1) is 41.4 Å². The summed E-state index contributed by atoms with van der Waals surface area (Å²) in [5.41, 5.74) is 17.3. The summed E-state index contributed by atoms with van der Waals surface area (Å²) in [5.74, 6) is -20.8. The highest BCUT2D eigenvalue weighted by Gasteiger charge is 2.39. The normalized spacial score (nSPS) is 15.6. The minimum Gasteiger partial charge on any atom is -0.481 e. The van der Waals surface area contributed by atoms with E-state index in [4.69, 9.17) is 17.2 Å². The smallest absolute Gasteiger partial charge is 0.326 e. The molecular weight excluding hydrogens is 1490 g/mol. The molecule has 41 heteroatoms. The summed E-state index contributed by atoms with van der Waals surface area (Å²) in [6.07, 6.45) is 0.152. The minimum absolute atomic E-state index is 0.0171. The summed E-state index contributed by atoms with van der Waals surface area (Å²) in [6.45, 7) is 23.9. The van der Waals surface area contributed by atoms with Gasteiger partial charge in [0.1, 0.15) is 78.5 Å². The van der Waals surface area contributed by atoms with Crippen molar-refractivity contribution in [3.05, 3.63) is 0 Å². The van der Waals surface area contributed by atoms with Crippen molar-refractivity contribution in [3.8, 4) is 0 Å². The van der Waals surface area contributed by atoms with Gasteiger partial charge in [-0.05, 0) is 120 Å². The Hall–Kier alpha value is -9.74. The van der Waals surface area contributed by atoms with E-state index in [1.54, 1.807) is 69.2 Å². The highest BCUT2D eigenvalue weighted by Crippen LogP contribution is 2.15. The molecular formula is C73H131N19O22. The van der Waals surface area contributed by atoms with Gasteiger partial charge in [-0.2, -0.15) is 0 Å². The van der Waals surface area contributed by atoms with Crippen molar-refractivity contribution in [3.63, 3.8) is 0 Å². The Labute approximate surface area is 666 Å². The summed E-state index contributed by atoms with van der Waals surface area (Å²) in [5, 5.41) is 78.7. The zero-order chi connectivity index (χ0) is 87.7. The van der Waals surface area contributed by atoms with E-state index in [1.165, 1.54) is 34.6 Å². The molecule has 650 valence electrons. The Morgan fingerprint density at radius 3 is 1.09 bits per heavy atom. The average molecular weight is 1630 g/mol. The van der Waals surface area contributed by atoms with Crippen LogP contribution in [0.15, 0.2) is 0 Å². The lowest BCUT2D eigenvalue weighted by molar-refractivity contribution is -0.144. The Bertz CT molecular complexity index is 3230. The van der Waals surface area contributed by atoms with Crippen molar-refractivity contribution in [1.82, 2.24) is 85.1 Å². The topological polar surface area (TPSA) is 659 Å². The van der Waals surface area contributed by atoms with Gasteiger partial charge in [0.25, 0.3) is 0 Å². The van der Waals surface area contributed by atoms with E-state index in [2.05, 4.69) is 85.1 Å². The molecule has 0 aliphatic heterocycles. The van der Waals surface area contributed by atoms with Crippen LogP contribution in [0.25, 0.3) is 0 Å². The second-order valence-electron chi connectivity index (χ2n) is 30.7. The zero-order valence-electron chi connectivity index (χ0n) is 68.9. The number of carboxylic acids is 2. The molecule has 0 saturated carbocycles. The van der Waals surface area contributed by atoms with E-state index < -0.39 is 259 Å². The van der Waals surface area contributed by atoms with Crippen LogP contribution in [0.3, 0.4) is 0 Å². The summed E-state index contributed by atoms with van der Waals surface area (Å²) in [6, 6.07) is -19.4. The number of carbonyl (C=O) groups excluding carboxylic acids is 16. The number of aliphatic hydroxyl groups is 2. The number of carbonyl (C=O) groups is 18. The molecule has 0 aliphatic carbocycles. The molecule has 0 aromatic heterocycles. The third kappa shape index (κ3) is 39.3. The number of amides is 16. The molecule has 0 aromatic rings. The van der Waals surface area contributed by atoms with Crippen LogP contribution in [0.5, 0.6) is 0 Å². The van der Waals surface area contributed by atoms with Gasteiger partial charge in [0.05, 0.1) is 44.8 Å². The molecule has 0 heterocycles. The predicted octanol–water partition coefficient (Wildman–Crippen LogP) is -6.04. The number of hydrogen-bond acceptors (Lipinski definition) is 23. The fraction of sp³-hybridized carbons (Fsp3) is 0.753. The number of hydrogen-bond donors (Lipinski definition) is 23. The Balaban J connectivity index is 5.94. The SMILES string of the molecule is CC[C@H](C)[C@H](NC(=O)[C@@H](NC(=O)[C@H](CC(C)C)NC(=O)[C@H](C)NC(=O)[C@H](CO)NC(=O)[C@H](CCCCN)NC(=O)CNC(=O)[C@@H](NC(=O)CNC(=O)[C@H](CC(=O)O)NC(=O)[C@H](C)NC(=O)CNC(=O)[C@@H](NC(=O)[C@@H](NC(=O)[C@@H](NC(=O)[C@H](CC(C)C)NC(=O)[C@@H](N)CCCCN)C(C)C)C(C)C)C(C)C)C(C)C)[C@@H](C)O)C(=O)O. The molecule has 0 rings (SSSR count). The molecule has 0 aliphatic rings. The molecule has 114 heavy (non-hydrogen) atoms. The summed E-state index contributed by atoms with van der Waals surface area (Å²) >= 11 is 0. The first kappa shape index (κ1) is 104. The van der Waals surface area contributed by atoms with Crippen molar-refractivity contribution < 1.29 is 107 Å². The first-order valence-electron chi connectivity index (χ1n) is 38.7. The monoisotopic (exact) mass is 1630 g/mol. The van der Waals surface area contributed by atoms with E-state index in [0.717, 1.165) is 0 Å². The Morgan fingerprint density at radius 1 is 0.333 bits per heavy atom.